The van der Waals surface area contributed by atoms with Gasteiger partial charge in [-0.3, -0.25) is 0 Å². The molecule has 0 radical (unpaired) electrons. The molecule has 0 spiro atoms. The lowest BCUT2D eigenvalue weighted by Gasteiger charge is -2.34. The van der Waals surface area contributed by atoms with Gasteiger partial charge in [-0.15, -0.1) is 0 Å². The minimum absolute atomic E-state index is 0.0778. The molecule has 1 fully saturated rings. The number of aliphatic hydroxyl groups excluding tert-OH is 1. The Hall–Kier alpha value is -2.62. The number of aromatic nitrogens is 3. The first-order valence-corrected chi connectivity index (χ1v) is 9.71. The summed E-state index contributed by atoms with van der Waals surface area (Å²) in [6.07, 6.45) is 0. The molecule has 0 aliphatic carbocycles. The average Bonchev–Trinajstić information content (AvgIpc) is 2.73. The van der Waals surface area contributed by atoms with Gasteiger partial charge in [0.25, 0.3) is 0 Å². The maximum atomic E-state index is 12.5. The van der Waals surface area contributed by atoms with Crippen molar-refractivity contribution in [2.24, 2.45) is 0 Å². The average molecular weight is 437 g/mol. The van der Waals surface area contributed by atoms with Gasteiger partial charge in [0.2, 0.25) is 5.28 Å². The number of pyridine rings is 1. The topological polar surface area (TPSA) is 80.6 Å². The molecule has 4 rings (SSSR count). The summed E-state index contributed by atoms with van der Waals surface area (Å²) in [5.41, 5.74) is 1.83. The molecule has 1 aliphatic heterocycles. The molecule has 0 bridgehead atoms. The smallest absolute Gasteiger partial charge is 0.387 e. The van der Waals surface area contributed by atoms with Crippen LogP contribution in [0.1, 0.15) is 12.5 Å². The van der Waals surface area contributed by atoms with E-state index in [1.807, 2.05) is 13.0 Å². The number of anilines is 1. The van der Waals surface area contributed by atoms with Gasteiger partial charge in [0, 0.05) is 17.7 Å². The van der Waals surface area contributed by atoms with Gasteiger partial charge in [-0.25, -0.2) is 4.98 Å². The minimum atomic E-state index is -2.97. The van der Waals surface area contributed by atoms with Gasteiger partial charge in [0.05, 0.1) is 36.9 Å². The molecule has 10 heteroatoms. The van der Waals surface area contributed by atoms with E-state index >= 15 is 0 Å². The molecular formula is C20H19ClF2N4O3. The van der Waals surface area contributed by atoms with Crippen molar-refractivity contribution in [1.29, 1.82) is 0 Å². The van der Waals surface area contributed by atoms with Crippen LogP contribution in [-0.2, 0) is 11.3 Å². The van der Waals surface area contributed by atoms with E-state index in [1.54, 1.807) is 18.2 Å². The van der Waals surface area contributed by atoms with Crippen molar-refractivity contribution in [2.45, 2.75) is 26.2 Å². The first-order chi connectivity index (χ1) is 14.5. The van der Waals surface area contributed by atoms with Crippen LogP contribution in [0.4, 0.5) is 14.6 Å². The van der Waals surface area contributed by atoms with Crippen molar-refractivity contribution >= 4 is 28.5 Å². The summed E-state index contributed by atoms with van der Waals surface area (Å²) >= 11 is 6.17. The molecule has 7 nitrogen and oxygen atoms in total. The Morgan fingerprint density at radius 2 is 2.10 bits per heavy atom. The second kappa shape index (κ2) is 8.63. The number of fused-ring (bicyclic) bond motifs is 1. The van der Waals surface area contributed by atoms with Gasteiger partial charge >= 0.3 is 6.61 Å². The predicted molar refractivity (Wildman–Crippen MR) is 108 cm³/mol. The molecule has 3 aromatic rings. The number of nitrogens with zero attached hydrogens (tertiary/aromatic N) is 4. The fourth-order valence-corrected chi connectivity index (χ4v) is 3.62. The SMILES string of the molecule is C[C@H]1COCCN1c1nc(Cl)nc2nc(-c3ccc(OC(F)F)c(CO)c3)ccc12. The van der Waals surface area contributed by atoms with E-state index in [-0.39, 0.29) is 22.6 Å². The fraction of sp³-hybridized carbons (Fsp3) is 0.350. The van der Waals surface area contributed by atoms with Crippen molar-refractivity contribution in [3.8, 4) is 17.0 Å². The predicted octanol–water partition coefficient (Wildman–Crippen LogP) is 3.66. The molecule has 2 aromatic heterocycles. The van der Waals surface area contributed by atoms with E-state index < -0.39 is 13.2 Å². The van der Waals surface area contributed by atoms with Gasteiger partial charge in [0.1, 0.15) is 11.6 Å². The third kappa shape index (κ3) is 4.14. The number of ether oxygens (including phenoxy) is 2. The molecule has 0 saturated carbocycles. The zero-order chi connectivity index (χ0) is 21.3. The number of alkyl halides is 2. The Morgan fingerprint density at radius 1 is 1.27 bits per heavy atom. The summed E-state index contributed by atoms with van der Waals surface area (Å²) in [7, 11) is 0. The number of rotatable bonds is 5. The van der Waals surface area contributed by atoms with Crippen LogP contribution in [-0.4, -0.2) is 52.5 Å². The maximum absolute atomic E-state index is 12.5. The number of halogens is 3. The molecule has 1 N–H and O–H groups in total. The molecule has 30 heavy (non-hydrogen) atoms. The first kappa shape index (κ1) is 20.6. The summed E-state index contributed by atoms with van der Waals surface area (Å²) in [5.74, 6) is 0.613. The van der Waals surface area contributed by atoms with Crippen LogP contribution in [0.15, 0.2) is 30.3 Å². The Labute approximate surface area is 176 Å². The van der Waals surface area contributed by atoms with Crippen LogP contribution >= 0.6 is 11.6 Å². The lowest BCUT2D eigenvalue weighted by Crippen LogP contribution is -2.44. The van der Waals surface area contributed by atoms with Crippen LogP contribution in [0.3, 0.4) is 0 Å². The highest BCUT2D eigenvalue weighted by molar-refractivity contribution is 6.28. The monoisotopic (exact) mass is 436 g/mol. The zero-order valence-electron chi connectivity index (χ0n) is 16.1. The van der Waals surface area contributed by atoms with Gasteiger partial charge in [0.15, 0.2) is 5.65 Å². The van der Waals surface area contributed by atoms with Crippen molar-refractivity contribution in [2.75, 3.05) is 24.7 Å². The quantitative estimate of drug-likeness (QED) is 0.611. The summed E-state index contributed by atoms with van der Waals surface area (Å²) in [5, 5.41) is 10.3. The third-order valence-corrected chi connectivity index (χ3v) is 5.06. The molecule has 0 amide bonds. The highest BCUT2D eigenvalue weighted by Crippen LogP contribution is 2.31. The van der Waals surface area contributed by atoms with Crippen LogP contribution in [0.25, 0.3) is 22.3 Å². The molecular weight excluding hydrogens is 418 g/mol. The lowest BCUT2D eigenvalue weighted by atomic mass is 10.1. The number of morpholine rings is 1. The van der Waals surface area contributed by atoms with Crippen LogP contribution in [0.2, 0.25) is 5.28 Å². The van der Waals surface area contributed by atoms with Crippen molar-refractivity contribution in [3.05, 3.63) is 41.2 Å². The zero-order valence-corrected chi connectivity index (χ0v) is 16.8. The Kier molecular flexibility index (Phi) is 5.94. The molecule has 1 atom stereocenters. The minimum Gasteiger partial charge on any atom is -0.434 e. The highest BCUT2D eigenvalue weighted by Gasteiger charge is 2.23. The maximum Gasteiger partial charge on any atom is 0.387 e. The van der Waals surface area contributed by atoms with E-state index in [9.17, 15) is 13.9 Å². The van der Waals surface area contributed by atoms with Gasteiger partial charge < -0.3 is 19.5 Å². The molecule has 3 heterocycles. The fourth-order valence-electron chi connectivity index (χ4n) is 3.46. The first-order valence-electron chi connectivity index (χ1n) is 9.34. The van der Waals surface area contributed by atoms with Crippen molar-refractivity contribution in [1.82, 2.24) is 15.0 Å². The van der Waals surface area contributed by atoms with E-state index in [0.29, 0.717) is 42.5 Å². The largest absolute Gasteiger partial charge is 0.434 e. The number of benzene rings is 1. The molecule has 1 aliphatic rings. The Morgan fingerprint density at radius 3 is 2.83 bits per heavy atom. The van der Waals surface area contributed by atoms with Gasteiger partial charge in [-0.1, -0.05) is 0 Å². The van der Waals surface area contributed by atoms with Gasteiger partial charge in [-0.2, -0.15) is 18.7 Å². The van der Waals surface area contributed by atoms with Gasteiger partial charge in [-0.05, 0) is 48.9 Å². The number of aliphatic hydroxyl groups is 1. The summed E-state index contributed by atoms with van der Waals surface area (Å²) in [6, 6.07) is 8.30. The molecule has 158 valence electrons. The van der Waals surface area contributed by atoms with E-state index in [0.717, 1.165) is 5.39 Å². The Balaban J connectivity index is 1.75. The normalized spacial score (nSPS) is 17.0. The standard InChI is InChI=1S/C20H19ClF2N4O3/c1-11-10-29-7-6-27(11)18-14-3-4-15(24-17(14)25-19(21)26-18)12-2-5-16(30-20(22)23)13(8-12)9-28/h2-5,8,11,20,28H,6-7,9-10H2,1H3/t11-/m0/s1. The highest BCUT2D eigenvalue weighted by atomic mass is 35.5. The van der Waals surface area contributed by atoms with E-state index in [4.69, 9.17) is 16.3 Å². The van der Waals surface area contributed by atoms with Crippen molar-refractivity contribution in [3.63, 3.8) is 0 Å². The number of hydrogen-bond donors (Lipinski definition) is 1. The van der Waals surface area contributed by atoms with E-state index in [2.05, 4.69) is 24.6 Å². The van der Waals surface area contributed by atoms with Crippen molar-refractivity contribution < 1.29 is 23.4 Å². The second-order valence-corrected chi connectivity index (χ2v) is 7.20. The molecule has 0 unspecified atom stereocenters. The Bertz CT molecular complexity index is 1070. The second-order valence-electron chi connectivity index (χ2n) is 6.86. The van der Waals surface area contributed by atoms with Crippen LogP contribution in [0.5, 0.6) is 5.75 Å². The lowest BCUT2D eigenvalue weighted by molar-refractivity contribution is -0.0509. The number of hydrogen-bond acceptors (Lipinski definition) is 7. The summed E-state index contributed by atoms with van der Waals surface area (Å²) in [6.45, 7) is 0.483. The summed E-state index contributed by atoms with van der Waals surface area (Å²) in [4.78, 5) is 15.4. The van der Waals surface area contributed by atoms with E-state index in [1.165, 1.54) is 6.07 Å². The molecule has 1 saturated heterocycles. The van der Waals surface area contributed by atoms with Crippen LogP contribution < -0.4 is 9.64 Å². The molecule has 1 aromatic carbocycles. The van der Waals surface area contributed by atoms with Crippen LogP contribution in [0, 0.1) is 0 Å². The third-order valence-electron chi connectivity index (χ3n) is 4.89. The summed E-state index contributed by atoms with van der Waals surface area (Å²) < 4.78 is 35.0.